The molecule has 1 aromatic carbocycles. The van der Waals surface area contributed by atoms with E-state index in [-0.39, 0.29) is 6.54 Å². The number of carboxylic acid groups (broad SMARTS) is 1. The van der Waals surface area contributed by atoms with Gasteiger partial charge in [0, 0.05) is 18.9 Å². The van der Waals surface area contributed by atoms with Crippen LogP contribution in [0.5, 0.6) is 5.75 Å². The van der Waals surface area contributed by atoms with Gasteiger partial charge in [-0.2, -0.15) is 5.10 Å². The molecule has 1 amide bonds. The molecule has 0 fully saturated rings. The van der Waals surface area contributed by atoms with Gasteiger partial charge in [0.05, 0.1) is 18.7 Å². The molecular weight excluding hydrogens is 348 g/mol. The van der Waals surface area contributed by atoms with Crippen LogP contribution in [-0.4, -0.2) is 44.7 Å². The highest BCUT2D eigenvalue weighted by Gasteiger charge is 2.21. The Morgan fingerprint density at radius 2 is 2.07 bits per heavy atom. The third-order valence-corrected chi connectivity index (χ3v) is 4.10. The number of amides is 1. The maximum atomic E-state index is 12.4. The number of benzene rings is 1. The van der Waals surface area contributed by atoms with Crippen LogP contribution in [0.15, 0.2) is 48.9 Å². The molecule has 3 aromatic rings. The Labute approximate surface area is 155 Å². The van der Waals surface area contributed by atoms with Crippen molar-refractivity contribution in [2.24, 2.45) is 5.92 Å². The van der Waals surface area contributed by atoms with Crippen molar-refractivity contribution in [2.45, 2.75) is 13.3 Å². The summed E-state index contributed by atoms with van der Waals surface area (Å²) in [6, 6.07) is 8.98. The fraction of sp³-hybridized carbons (Fsp3) is 0.263. The molecule has 27 heavy (non-hydrogen) atoms. The molecule has 0 bridgehead atoms. The maximum Gasteiger partial charge on any atom is 0.308 e. The van der Waals surface area contributed by atoms with E-state index in [4.69, 9.17) is 4.74 Å². The molecular formula is C19H20N4O4. The van der Waals surface area contributed by atoms with Gasteiger partial charge >= 0.3 is 5.97 Å². The second-order valence-corrected chi connectivity index (χ2v) is 5.97. The van der Waals surface area contributed by atoms with Crippen LogP contribution in [0.3, 0.4) is 0 Å². The SMILES string of the molecule is CCOc1ccc(CC(CNC(=O)c2cnn3cccnc23)C(=O)O)cc1. The molecule has 0 aliphatic heterocycles. The van der Waals surface area contributed by atoms with Gasteiger partial charge in [-0.3, -0.25) is 9.59 Å². The molecule has 2 N–H and O–H groups in total. The van der Waals surface area contributed by atoms with Crippen molar-refractivity contribution in [1.82, 2.24) is 19.9 Å². The number of nitrogens with zero attached hydrogens (tertiary/aromatic N) is 3. The standard InChI is InChI=1S/C19H20N4O4/c1-2-27-15-6-4-13(5-7-15)10-14(19(25)26)11-21-18(24)16-12-22-23-9-3-8-20-17(16)23/h3-9,12,14H,2,10-11H2,1H3,(H,21,24)(H,25,26). The van der Waals surface area contributed by atoms with Crippen LogP contribution in [0.4, 0.5) is 0 Å². The van der Waals surface area contributed by atoms with Gasteiger partial charge in [-0.05, 0) is 37.1 Å². The van der Waals surface area contributed by atoms with Gasteiger partial charge in [-0.25, -0.2) is 9.50 Å². The van der Waals surface area contributed by atoms with Crippen LogP contribution in [0.1, 0.15) is 22.8 Å². The molecule has 2 heterocycles. The number of ether oxygens (including phenoxy) is 1. The molecule has 140 valence electrons. The third-order valence-electron chi connectivity index (χ3n) is 4.10. The highest BCUT2D eigenvalue weighted by Crippen LogP contribution is 2.15. The summed E-state index contributed by atoms with van der Waals surface area (Å²) in [5.74, 6) is -1.38. The molecule has 0 saturated carbocycles. The first-order valence-corrected chi connectivity index (χ1v) is 8.59. The second-order valence-electron chi connectivity index (χ2n) is 5.97. The smallest absolute Gasteiger partial charge is 0.308 e. The number of rotatable bonds is 8. The summed E-state index contributed by atoms with van der Waals surface area (Å²) in [5.41, 5.74) is 1.59. The summed E-state index contributed by atoms with van der Waals surface area (Å²) in [6.45, 7) is 2.48. The van der Waals surface area contributed by atoms with Crippen molar-refractivity contribution in [2.75, 3.05) is 13.2 Å². The van der Waals surface area contributed by atoms with Gasteiger partial charge in [0.15, 0.2) is 5.65 Å². The van der Waals surface area contributed by atoms with E-state index in [1.807, 2.05) is 19.1 Å². The second kappa shape index (κ2) is 8.31. The van der Waals surface area contributed by atoms with Crippen molar-refractivity contribution in [3.63, 3.8) is 0 Å². The van der Waals surface area contributed by atoms with E-state index in [0.717, 1.165) is 11.3 Å². The lowest BCUT2D eigenvalue weighted by Crippen LogP contribution is -2.34. The molecule has 3 rings (SSSR count). The zero-order valence-electron chi connectivity index (χ0n) is 14.8. The number of carbonyl (C=O) groups is 2. The first kappa shape index (κ1) is 18.4. The largest absolute Gasteiger partial charge is 0.494 e. The lowest BCUT2D eigenvalue weighted by molar-refractivity contribution is -0.141. The number of fused-ring (bicyclic) bond motifs is 1. The van der Waals surface area contributed by atoms with Crippen molar-refractivity contribution < 1.29 is 19.4 Å². The first-order valence-electron chi connectivity index (χ1n) is 8.59. The number of nitrogens with one attached hydrogen (secondary N) is 1. The maximum absolute atomic E-state index is 12.4. The Morgan fingerprint density at radius 3 is 2.78 bits per heavy atom. The number of carbonyl (C=O) groups excluding carboxylic acids is 1. The van der Waals surface area contributed by atoms with Crippen LogP contribution in [0.2, 0.25) is 0 Å². The van der Waals surface area contributed by atoms with Crippen LogP contribution < -0.4 is 10.1 Å². The number of hydrogen-bond acceptors (Lipinski definition) is 5. The zero-order valence-corrected chi connectivity index (χ0v) is 14.8. The predicted molar refractivity (Wildman–Crippen MR) is 97.8 cm³/mol. The highest BCUT2D eigenvalue weighted by atomic mass is 16.5. The lowest BCUT2D eigenvalue weighted by Gasteiger charge is -2.14. The minimum Gasteiger partial charge on any atom is -0.494 e. The molecule has 1 unspecified atom stereocenters. The van der Waals surface area contributed by atoms with E-state index in [1.165, 1.54) is 10.7 Å². The average Bonchev–Trinajstić information content (AvgIpc) is 3.10. The summed E-state index contributed by atoms with van der Waals surface area (Å²) in [4.78, 5) is 28.1. The Hall–Kier alpha value is -3.42. The number of carboxylic acids is 1. The van der Waals surface area contributed by atoms with Gasteiger partial charge in [0.25, 0.3) is 5.91 Å². The molecule has 0 radical (unpaired) electrons. The van der Waals surface area contributed by atoms with E-state index in [0.29, 0.717) is 24.2 Å². The summed E-state index contributed by atoms with van der Waals surface area (Å²) in [5, 5.41) is 16.2. The van der Waals surface area contributed by atoms with Crippen molar-refractivity contribution in [3.05, 3.63) is 60.0 Å². The molecule has 0 spiro atoms. The van der Waals surface area contributed by atoms with E-state index < -0.39 is 17.8 Å². The van der Waals surface area contributed by atoms with E-state index >= 15 is 0 Å². The van der Waals surface area contributed by atoms with E-state index in [9.17, 15) is 14.7 Å². The van der Waals surface area contributed by atoms with Crippen molar-refractivity contribution in [3.8, 4) is 5.75 Å². The molecule has 0 aliphatic rings. The van der Waals surface area contributed by atoms with Gasteiger partial charge in [0.2, 0.25) is 0 Å². The summed E-state index contributed by atoms with van der Waals surface area (Å²) in [6.07, 6.45) is 4.97. The predicted octanol–water partition coefficient (Wildman–Crippen LogP) is 1.80. The monoisotopic (exact) mass is 368 g/mol. The molecule has 0 saturated heterocycles. The molecule has 8 heteroatoms. The Balaban J connectivity index is 1.64. The van der Waals surface area contributed by atoms with Crippen molar-refractivity contribution >= 4 is 17.5 Å². The molecule has 8 nitrogen and oxygen atoms in total. The minimum atomic E-state index is -0.970. The summed E-state index contributed by atoms with van der Waals surface area (Å²) >= 11 is 0. The number of aromatic nitrogens is 3. The van der Waals surface area contributed by atoms with Crippen LogP contribution in [0.25, 0.3) is 5.65 Å². The first-order chi connectivity index (χ1) is 13.1. The van der Waals surface area contributed by atoms with Crippen LogP contribution in [-0.2, 0) is 11.2 Å². The average molecular weight is 368 g/mol. The Morgan fingerprint density at radius 1 is 1.30 bits per heavy atom. The summed E-state index contributed by atoms with van der Waals surface area (Å²) in [7, 11) is 0. The quantitative estimate of drug-likeness (QED) is 0.628. The van der Waals surface area contributed by atoms with Crippen LogP contribution in [0, 0.1) is 5.92 Å². The summed E-state index contributed by atoms with van der Waals surface area (Å²) < 4.78 is 6.87. The Bertz CT molecular complexity index is 936. The van der Waals surface area contributed by atoms with Gasteiger partial charge < -0.3 is 15.2 Å². The topological polar surface area (TPSA) is 106 Å². The van der Waals surface area contributed by atoms with E-state index in [2.05, 4.69) is 15.4 Å². The highest BCUT2D eigenvalue weighted by molar-refractivity contribution is 5.99. The van der Waals surface area contributed by atoms with Crippen molar-refractivity contribution in [1.29, 1.82) is 0 Å². The van der Waals surface area contributed by atoms with Crippen LogP contribution >= 0.6 is 0 Å². The minimum absolute atomic E-state index is 0.00551. The zero-order chi connectivity index (χ0) is 19.2. The fourth-order valence-electron chi connectivity index (χ4n) is 2.72. The number of aliphatic carboxylic acids is 1. The van der Waals surface area contributed by atoms with Gasteiger partial charge in [-0.1, -0.05) is 12.1 Å². The molecule has 1 atom stereocenters. The molecule has 0 aliphatic carbocycles. The fourth-order valence-corrected chi connectivity index (χ4v) is 2.72. The third kappa shape index (κ3) is 4.41. The normalized spacial score (nSPS) is 11.9. The molecule has 2 aromatic heterocycles. The Kier molecular flexibility index (Phi) is 5.65. The number of hydrogen-bond donors (Lipinski definition) is 2. The van der Waals surface area contributed by atoms with Gasteiger partial charge in [-0.15, -0.1) is 0 Å². The van der Waals surface area contributed by atoms with Gasteiger partial charge in [0.1, 0.15) is 11.3 Å². The lowest BCUT2D eigenvalue weighted by atomic mass is 9.99. The van der Waals surface area contributed by atoms with E-state index in [1.54, 1.807) is 30.6 Å².